The van der Waals surface area contributed by atoms with Crippen LogP contribution in [0.25, 0.3) is 0 Å². The van der Waals surface area contributed by atoms with Crippen LogP contribution < -0.4 is 10.6 Å². The van der Waals surface area contributed by atoms with Crippen LogP contribution in [0.3, 0.4) is 0 Å². The first-order valence-electron chi connectivity index (χ1n) is 5.41. The highest BCUT2D eigenvalue weighted by Gasteiger charge is 2.18. The molecule has 94 valence electrons. The molecular weight excluding hydrogens is 240 g/mol. The number of nitrogens with one attached hydrogen (secondary N) is 2. The highest BCUT2D eigenvalue weighted by atomic mass is 32.1. The highest BCUT2D eigenvalue weighted by molar-refractivity contribution is 7.07. The molecule has 3 N–H and O–H groups in total. The van der Waals surface area contributed by atoms with Gasteiger partial charge in [0.05, 0.1) is 0 Å². The van der Waals surface area contributed by atoms with E-state index in [0.717, 1.165) is 5.56 Å². The van der Waals surface area contributed by atoms with E-state index in [1.165, 1.54) is 0 Å². The summed E-state index contributed by atoms with van der Waals surface area (Å²) in [4.78, 5) is 22.3. The molecule has 0 aliphatic heterocycles. The van der Waals surface area contributed by atoms with Crippen LogP contribution in [-0.2, 0) is 11.3 Å². The summed E-state index contributed by atoms with van der Waals surface area (Å²) in [6, 6.07) is 0.644. The Morgan fingerprint density at radius 3 is 2.82 bits per heavy atom. The number of carboxylic acids is 1. The van der Waals surface area contributed by atoms with E-state index in [2.05, 4.69) is 10.6 Å². The first-order chi connectivity index (χ1) is 8.13. The Bertz CT molecular complexity index is 365. The van der Waals surface area contributed by atoms with Gasteiger partial charge in [-0.1, -0.05) is 13.3 Å². The summed E-state index contributed by atoms with van der Waals surface area (Å²) in [5.41, 5.74) is 1.01. The molecule has 5 nitrogen and oxygen atoms in total. The third-order valence-electron chi connectivity index (χ3n) is 2.21. The lowest BCUT2D eigenvalue weighted by Gasteiger charge is -2.13. The van der Waals surface area contributed by atoms with Crippen molar-refractivity contribution in [2.75, 3.05) is 0 Å². The van der Waals surface area contributed by atoms with Crippen molar-refractivity contribution in [3.8, 4) is 0 Å². The molecule has 0 aliphatic rings. The molecule has 0 radical (unpaired) electrons. The average Bonchev–Trinajstić information content (AvgIpc) is 2.78. The van der Waals surface area contributed by atoms with Gasteiger partial charge in [0, 0.05) is 6.54 Å². The minimum Gasteiger partial charge on any atom is -0.480 e. The molecule has 1 aromatic heterocycles. The third kappa shape index (κ3) is 4.86. The molecule has 0 fully saturated rings. The standard InChI is InChI=1S/C11H16N2O3S/c1-2-3-9(10(14)15)13-11(16)12-6-8-4-5-17-7-8/h4-5,7,9H,2-3,6H2,1H3,(H,14,15)(H2,12,13,16)/t9-/m0/s1. The first-order valence-corrected chi connectivity index (χ1v) is 6.36. The van der Waals surface area contributed by atoms with Crippen LogP contribution in [0.2, 0.25) is 0 Å². The quantitative estimate of drug-likeness (QED) is 0.726. The summed E-state index contributed by atoms with van der Waals surface area (Å²) in [6.45, 7) is 2.29. The van der Waals surface area contributed by atoms with Gasteiger partial charge in [-0.05, 0) is 28.8 Å². The number of carbonyl (C=O) groups excluding carboxylic acids is 1. The van der Waals surface area contributed by atoms with E-state index >= 15 is 0 Å². The zero-order chi connectivity index (χ0) is 12.7. The lowest BCUT2D eigenvalue weighted by molar-refractivity contribution is -0.139. The minimum atomic E-state index is -1.00. The van der Waals surface area contributed by atoms with E-state index in [9.17, 15) is 9.59 Å². The van der Waals surface area contributed by atoms with Crippen LogP contribution in [-0.4, -0.2) is 23.1 Å². The third-order valence-corrected chi connectivity index (χ3v) is 2.95. The van der Waals surface area contributed by atoms with Gasteiger partial charge in [-0.25, -0.2) is 9.59 Å². The average molecular weight is 256 g/mol. The number of hydrogen-bond acceptors (Lipinski definition) is 3. The SMILES string of the molecule is CCC[C@H](NC(=O)NCc1ccsc1)C(=O)O. The predicted octanol–water partition coefficient (Wildman–Crippen LogP) is 1.80. The van der Waals surface area contributed by atoms with Gasteiger partial charge in [0.15, 0.2) is 0 Å². The number of hydrogen-bond donors (Lipinski definition) is 3. The normalized spacial score (nSPS) is 11.8. The van der Waals surface area contributed by atoms with Crippen molar-refractivity contribution in [2.24, 2.45) is 0 Å². The van der Waals surface area contributed by atoms with Crippen LogP contribution >= 0.6 is 11.3 Å². The lowest BCUT2D eigenvalue weighted by atomic mass is 10.2. The maximum atomic E-state index is 11.4. The topological polar surface area (TPSA) is 78.4 Å². The van der Waals surface area contributed by atoms with Crippen molar-refractivity contribution in [1.29, 1.82) is 0 Å². The van der Waals surface area contributed by atoms with Gasteiger partial charge in [-0.15, -0.1) is 0 Å². The number of amides is 2. The molecule has 6 heteroatoms. The fraction of sp³-hybridized carbons (Fsp3) is 0.455. The van der Waals surface area contributed by atoms with Gasteiger partial charge >= 0.3 is 12.0 Å². The molecule has 17 heavy (non-hydrogen) atoms. The monoisotopic (exact) mass is 256 g/mol. The molecule has 0 unspecified atom stereocenters. The van der Waals surface area contributed by atoms with Gasteiger partial charge < -0.3 is 15.7 Å². The second-order valence-corrected chi connectivity index (χ2v) is 4.42. The molecule has 2 amide bonds. The summed E-state index contributed by atoms with van der Waals surface area (Å²) < 4.78 is 0. The second-order valence-electron chi connectivity index (χ2n) is 3.64. The molecule has 0 aliphatic carbocycles. The first kappa shape index (κ1) is 13.5. The fourth-order valence-corrected chi connectivity index (χ4v) is 2.00. The van der Waals surface area contributed by atoms with Gasteiger partial charge in [0.2, 0.25) is 0 Å². The fourth-order valence-electron chi connectivity index (χ4n) is 1.33. The van der Waals surface area contributed by atoms with Gasteiger partial charge in [-0.3, -0.25) is 0 Å². The lowest BCUT2D eigenvalue weighted by Crippen LogP contribution is -2.45. The molecule has 1 aromatic rings. The Labute approximate surface area is 104 Å². The number of carbonyl (C=O) groups is 2. The Morgan fingerprint density at radius 1 is 1.53 bits per heavy atom. The number of aliphatic carboxylic acids is 1. The van der Waals surface area contributed by atoms with Crippen LogP contribution in [0, 0.1) is 0 Å². The number of urea groups is 1. The van der Waals surface area contributed by atoms with E-state index in [-0.39, 0.29) is 0 Å². The second kappa shape index (κ2) is 6.90. The Morgan fingerprint density at radius 2 is 2.29 bits per heavy atom. The molecule has 0 saturated carbocycles. The van der Waals surface area contributed by atoms with E-state index in [0.29, 0.717) is 19.4 Å². The predicted molar refractivity (Wildman–Crippen MR) is 66.0 cm³/mol. The Balaban J connectivity index is 2.34. The molecule has 1 atom stereocenters. The molecule has 0 spiro atoms. The zero-order valence-corrected chi connectivity index (χ0v) is 10.4. The summed E-state index contributed by atoms with van der Waals surface area (Å²) in [7, 11) is 0. The van der Waals surface area contributed by atoms with E-state index in [1.54, 1.807) is 11.3 Å². The van der Waals surface area contributed by atoms with Crippen molar-refractivity contribution < 1.29 is 14.7 Å². The molecular formula is C11H16N2O3S. The summed E-state index contributed by atoms with van der Waals surface area (Å²) in [6.07, 6.45) is 1.14. The van der Waals surface area contributed by atoms with Crippen molar-refractivity contribution in [3.63, 3.8) is 0 Å². The molecule has 1 rings (SSSR count). The van der Waals surface area contributed by atoms with Crippen molar-refractivity contribution in [3.05, 3.63) is 22.4 Å². The molecule has 0 aromatic carbocycles. The smallest absolute Gasteiger partial charge is 0.326 e. The largest absolute Gasteiger partial charge is 0.480 e. The Hall–Kier alpha value is -1.56. The maximum absolute atomic E-state index is 11.4. The number of rotatable bonds is 6. The van der Waals surface area contributed by atoms with Crippen molar-refractivity contribution >= 4 is 23.3 Å². The van der Waals surface area contributed by atoms with Gasteiger partial charge in [0.25, 0.3) is 0 Å². The molecule has 0 saturated heterocycles. The van der Waals surface area contributed by atoms with Crippen molar-refractivity contribution in [1.82, 2.24) is 10.6 Å². The van der Waals surface area contributed by atoms with Crippen molar-refractivity contribution in [2.45, 2.75) is 32.4 Å². The van der Waals surface area contributed by atoms with Crippen LogP contribution in [0.5, 0.6) is 0 Å². The van der Waals surface area contributed by atoms with E-state index in [1.807, 2.05) is 23.8 Å². The van der Waals surface area contributed by atoms with Gasteiger partial charge in [0.1, 0.15) is 6.04 Å². The number of carboxylic acid groups (broad SMARTS) is 1. The van der Waals surface area contributed by atoms with Crippen LogP contribution in [0.4, 0.5) is 4.79 Å². The minimum absolute atomic E-state index is 0.411. The van der Waals surface area contributed by atoms with Crippen LogP contribution in [0.15, 0.2) is 16.8 Å². The highest BCUT2D eigenvalue weighted by Crippen LogP contribution is 2.04. The van der Waals surface area contributed by atoms with E-state index < -0.39 is 18.0 Å². The Kier molecular flexibility index (Phi) is 5.48. The number of thiophene rings is 1. The van der Waals surface area contributed by atoms with Gasteiger partial charge in [-0.2, -0.15) is 11.3 Å². The summed E-state index contributed by atoms with van der Waals surface area (Å²) in [5.74, 6) is -1.00. The van der Waals surface area contributed by atoms with Crippen LogP contribution in [0.1, 0.15) is 25.3 Å². The maximum Gasteiger partial charge on any atom is 0.326 e. The zero-order valence-electron chi connectivity index (χ0n) is 9.60. The van der Waals surface area contributed by atoms with E-state index in [4.69, 9.17) is 5.11 Å². The molecule has 0 bridgehead atoms. The summed E-state index contributed by atoms with van der Waals surface area (Å²) in [5, 5.41) is 17.8. The molecule has 1 heterocycles. The summed E-state index contributed by atoms with van der Waals surface area (Å²) >= 11 is 1.55.